The standard InChI is InChI=1S/C25H26N2O4/c1-17(2)20-8-4-5-9-21(20)26-24(28)16-31-19-14-12-18(13-15-19)25(29)27-22-10-6-7-11-23(22)30-3/h4-15,17H,16H2,1-3H3,(H,26,28)(H,27,29). The van der Waals surface area contributed by atoms with Gasteiger partial charge < -0.3 is 20.1 Å². The van der Waals surface area contributed by atoms with Gasteiger partial charge in [-0.3, -0.25) is 9.59 Å². The minimum absolute atomic E-state index is 0.126. The maximum absolute atomic E-state index is 12.5. The lowest BCUT2D eigenvalue weighted by Gasteiger charge is -2.14. The Morgan fingerprint density at radius 2 is 1.48 bits per heavy atom. The number of methoxy groups -OCH3 is 1. The van der Waals surface area contributed by atoms with Crippen LogP contribution in [0.3, 0.4) is 0 Å². The van der Waals surface area contributed by atoms with Crippen LogP contribution in [-0.4, -0.2) is 25.5 Å². The Morgan fingerprint density at radius 1 is 0.839 bits per heavy atom. The van der Waals surface area contributed by atoms with E-state index in [0.29, 0.717) is 28.7 Å². The predicted molar refractivity (Wildman–Crippen MR) is 122 cm³/mol. The number of ether oxygens (including phenoxy) is 2. The van der Waals surface area contributed by atoms with Crippen molar-refractivity contribution in [3.8, 4) is 11.5 Å². The Hall–Kier alpha value is -3.80. The highest BCUT2D eigenvalue weighted by Gasteiger charge is 2.11. The minimum atomic E-state index is -0.265. The lowest BCUT2D eigenvalue weighted by molar-refractivity contribution is -0.118. The van der Waals surface area contributed by atoms with E-state index in [0.717, 1.165) is 11.3 Å². The van der Waals surface area contributed by atoms with Crippen LogP contribution in [0.2, 0.25) is 0 Å². The monoisotopic (exact) mass is 418 g/mol. The number of rotatable bonds is 8. The third kappa shape index (κ3) is 5.85. The number of para-hydroxylation sites is 3. The largest absolute Gasteiger partial charge is 0.495 e. The topological polar surface area (TPSA) is 76.7 Å². The molecule has 0 aliphatic heterocycles. The zero-order valence-corrected chi connectivity index (χ0v) is 17.8. The fraction of sp³-hybridized carbons (Fsp3) is 0.200. The van der Waals surface area contributed by atoms with E-state index in [1.807, 2.05) is 36.4 Å². The Balaban J connectivity index is 1.56. The van der Waals surface area contributed by atoms with Crippen molar-refractivity contribution >= 4 is 23.2 Å². The molecule has 6 heteroatoms. The highest BCUT2D eigenvalue weighted by Crippen LogP contribution is 2.25. The number of carbonyl (C=O) groups is 2. The lowest BCUT2D eigenvalue weighted by atomic mass is 10.0. The Bertz CT molecular complexity index is 1050. The van der Waals surface area contributed by atoms with Crippen molar-refractivity contribution in [1.29, 1.82) is 0 Å². The van der Waals surface area contributed by atoms with E-state index >= 15 is 0 Å². The van der Waals surface area contributed by atoms with Gasteiger partial charge in [0.15, 0.2) is 6.61 Å². The van der Waals surface area contributed by atoms with Gasteiger partial charge in [0, 0.05) is 11.3 Å². The predicted octanol–water partition coefficient (Wildman–Crippen LogP) is 5.09. The number of anilines is 2. The van der Waals surface area contributed by atoms with Crippen molar-refractivity contribution in [2.24, 2.45) is 0 Å². The van der Waals surface area contributed by atoms with Gasteiger partial charge in [-0.05, 0) is 53.9 Å². The summed E-state index contributed by atoms with van der Waals surface area (Å²) in [7, 11) is 1.55. The number of benzene rings is 3. The second-order valence-corrected chi connectivity index (χ2v) is 7.26. The molecular weight excluding hydrogens is 392 g/mol. The number of carbonyl (C=O) groups excluding carboxylic acids is 2. The van der Waals surface area contributed by atoms with Crippen LogP contribution >= 0.6 is 0 Å². The van der Waals surface area contributed by atoms with E-state index in [2.05, 4.69) is 24.5 Å². The van der Waals surface area contributed by atoms with Gasteiger partial charge >= 0.3 is 0 Å². The third-order valence-electron chi connectivity index (χ3n) is 4.70. The first-order valence-electron chi connectivity index (χ1n) is 10.0. The highest BCUT2D eigenvalue weighted by atomic mass is 16.5. The molecule has 0 saturated heterocycles. The summed E-state index contributed by atoms with van der Waals surface area (Å²) in [5.74, 6) is 0.874. The van der Waals surface area contributed by atoms with E-state index in [4.69, 9.17) is 9.47 Å². The number of hydrogen-bond donors (Lipinski definition) is 2. The zero-order valence-electron chi connectivity index (χ0n) is 17.8. The van der Waals surface area contributed by atoms with Gasteiger partial charge in [-0.25, -0.2) is 0 Å². The van der Waals surface area contributed by atoms with Crippen LogP contribution in [0.25, 0.3) is 0 Å². The summed E-state index contributed by atoms with van der Waals surface area (Å²) in [5.41, 5.74) is 2.91. The summed E-state index contributed by atoms with van der Waals surface area (Å²) in [6.45, 7) is 4.03. The van der Waals surface area contributed by atoms with Gasteiger partial charge in [-0.1, -0.05) is 44.2 Å². The first kappa shape index (κ1) is 21.9. The molecule has 0 fully saturated rings. The molecule has 0 aliphatic rings. The fourth-order valence-corrected chi connectivity index (χ4v) is 3.09. The van der Waals surface area contributed by atoms with Crippen LogP contribution in [0.15, 0.2) is 72.8 Å². The molecule has 0 bridgehead atoms. The molecule has 6 nitrogen and oxygen atoms in total. The number of nitrogens with one attached hydrogen (secondary N) is 2. The first-order valence-corrected chi connectivity index (χ1v) is 10.0. The molecule has 0 aliphatic carbocycles. The second-order valence-electron chi connectivity index (χ2n) is 7.26. The summed E-state index contributed by atoms with van der Waals surface area (Å²) in [6.07, 6.45) is 0. The molecule has 0 unspecified atom stereocenters. The van der Waals surface area contributed by atoms with Crippen molar-refractivity contribution in [3.63, 3.8) is 0 Å². The van der Waals surface area contributed by atoms with Crippen molar-refractivity contribution in [2.45, 2.75) is 19.8 Å². The molecule has 3 rings (SSSR count). The molecule has 2 N–H and O–H groups in total. The van der Waals surface area contributed by atoms with E-state index in [1.54, 1.807) is 43.5 Å². The van der Waals surface area contributed by atoms with E-state index in [-0.39, 0.29) is 18.4 Å². The summed E-state index contributed by atoms with van der Waals surface area (Å²) in [6, 6.07) is 21.5. The van der Waals surface area contributed by atoms with Crippen LogP contribution in [0.4, 0.5) is 11.4 Å². The van der Waals surface area contributed by atoms with Crippen LogP contribution in [0.1, 0.15) is 35.7 Å². The molecule has 0 saturated carbocycles. The molecule has 0 radical (unpaired) electrons. The average molecular weight is 418 g/mol. The van der Waals surface area contributed by atoms with Gasteiger partial charge in [0.25, 0.3) is 11.8 Å². The van der Waals surface area contributed by atoms with Gasteiger partial charge in [-0.15, -0.1) is 0 Å². The first-order chi connectivity index (χ1) is 15.0. The summed E-state index contributed by atoms with van der Waals surface area (Å²) < 4.78 is 10.8. The van der Waals surface area contributed by atoms with Crippen LogP contribution in [0.5, 0.6) is 11.5 Å². The van der Waals surface area contributed by atoms with Crippen molar-refractivity contribution in [2.75, 3.05) is 24.4 Å². The van der Waals surface area contributed by atoms with Gasteiger partial charge in [0.05, 0.1) is 12.8 Å². The van der Waals surface area contributed by atoms with Gasteiger partial charge in [0.2, 0.25) is 0 Å². The SMILES string of the molecule is COc1ccccc1NC(=O)c1ccc(OCC(=O)Nc2ccccc2C(C)C)cc1. The smallest absolute Gasteiger partial charge is 0.262 e. The Labute approximate surface area is 182 Å². The molecule has 0 aromatic heterocycles. The van der Waals surface area contributed by atoms with E-state index in [1.165, 1.54) is 0 Å². The van der Waals surface area contributed by atoms with Crippen LogP contribution < -0.4 is 20.1 Å². The third-order valence-corrected chi connectivity index (χ3v) is 4.70. The molecule has 2 amide bonds. The number of hydrogen-bond acceptors (Lipinski definition) is 4. The van der Waals surface area contributed by atoms with Crippen LogP contribution in [-0.2, 0) is 4.79 Å². The van der Waals surface area contributed by atoms with E-state index < -0.39 is 0 Å². The van der Waals surface area contributed by atoms with Crippen molar-refractivity contribution in [1.82, 2.24) is 0 Å². The average Bonchev–Trinajstić information content (AvgIpc) is 2.78. The maximum atomic E-state index is 12.5. The summed E-state index contributed by atoms with van der Waals surface area (Å²) in [4.78, 5) is 24.8. The zero-order chi connectivity index (χ0) is 22.2. The number of amides is 2. The van der Waals surface area contributed by atoms with Crippen molar-refractivity contribution in [3.05, 3.63) is 83.9 Å². The quantitative estimate of drug-likeness (QED) is 0.534. The normalized spacial score (nSPS) is 10.5. The van der Waals surface area contributed by atoms with E-state index in [9.17, 15) is 9.59 Å². The Kier molecular flexibility index (Phi) is 7.27. The molecule has 31 heavy (non-hydrogen) atoms. The maximum Gasteiger partial charge on any atom is 0.262 e. The molecule has 3 aromatic rings. The fourth-order valence-electron chi connectivity index (χ4n) is 3.09. The molecule has 0 atom stereocenters. The van der Waals surface area contributed by atoms with Crippen molar-refractivity contribution < 1.29 is 19.1 Å². The molecular formula is C25H26N2O4. The molecule has 0 spiro atoms. The summed E-state index contributed by atoms with van der Waals surface area (Å²) >= 11 is 0. The van der Waals surface area contributed by atoms with Gasteiger partial charge in [0.1, 0.15) is 11.5 Å². The van der Waals surface area contributed by atoms with Gasteiger partial charge in [-0.2, -0.15) is 0 Å². The minimum Gasteiger partial charge on any atom is -0.495 e. The molecule has 0 heterocycles. The Morgan fingerprint density at radius 3 is 2.16 bits per heavy atom. The molecule has 160 valence electrons. The second kappa shape index (κ2) is 10.3. The molecule has 3 aromatic carbocycles. The lowest BCUT2D eigenvalue weighted by Crippen LogP contribution is -2.21. The van der Waals surface area contributed by atoms with Crippen LogP contribution in [0, 0.1) is 0 Å². The highest BCUT2D eigenvalue weighted by molar-refractivity contribution is 6.05. The summed E-state index contributed by atoms with van der Waals surface area (Å²) in [5, 5.41) is 5.71.